The van der Waals surface area contributed by atoms with E-state index in [1.165, 1.54) is 31.2 Å². The maximum Gasteiger partial charge on any atom is -0.0248 e. The van der Waals surface area contributed by atoms with Crippen LogP contribution in [0.25, 0.3) is 0 Å². The summed E-state index contributed by atoms with van der Waals surface area (Å²) in [6.45, 7) is 2.40. The molecule has 1 aromatic rings. The van der Waals surface area contributed by atoms with Crippen molar-refractivity contribution in [2.45, 2.75) is 32.6 Å². The minimum atomic E-state index is 0.881. The minimum Gasteiger partial charge on any atom is -0.0622 e. The molecule has 0 saturated heterocycles. The van der Waals surface area contributed by atoms with Gasteiger partial charge in [0.25, 0.3) is 0 Å². The standard InChI is InChI=1S/C14H19/c1-12-7-5-6-10-14(12)11-13-8-3-2-4-9-13/h2-4,6,8-9,12,14H,5,7,10-11H2,1H3. The molecule has 0 heterocycles. The van der Waals surface area contributed by atoms with E-state index in [0.717, 1.165) is 11.8 Å². The van der Waals surface area contributed by atoms with Crippen molar-refractivity contribution < 1.29 is 0 Å². The Balaban J connectivity index is 1.96. The smallest absolute Gasteiger partial charge is 0.0248 e. The molecule has 1 saturated carbocycles. The predicted molar refractivity (Wildman–Crippen MR) is 61.0 cm³/mol. The highest BCUT2D eigenvalue weighted by Gasteiger charge is 2.21. The van der Waals surface area contributed by atoms with Gasteiger partial charge in [0.1, 0.15) is 0 Å². The molecule has 1 aliphatic carbocycles. The molecule has 0 nitrogen and oxygen atoms in total. The summed E-state index contributed by atoms with van der Waals surface area (Å²) >= 11 is 0. The third-order valence-corrected chi connectivity index (χ3v) is 3.44. The fourth-order valence-electron chi connectivity index (χ4n) is 2.38. The zero-order valence-corrected chi connectivity index (χ0v) is 8.95. The van der Waals surface area contributed by atoms with Crippen LogP contribution >= 0.6 is 0 Å². The van der Waals surface area contributed by atoms with Crippen molar-refractivity contribution in [1.82, 2.24) is 0 Å². The SMILES string of the molecule is CC1CC[CH]CC1Cc1ccccc1. The van der Waals surface area contributed by atoms with Crippen molar-refractivity contribution in [3.63, 3.8) is 0 Å². The van der Waals surface area contributed by atoms with Gasteiger partial charge >= 0.3 is 0 Å². The van der Waals surface area contributed by atoms with E-state index in [0.29, 0.717) is 0 Å². The van der Waals surface area contributed by atoms with Crippen LogP contribution in [0.4, 0.5) is 0 Å². The topological polar surface area (TPSA) is 0 Å². The van der Waals surface area contributed by atoms with E-state index in [4.69, 9.17) is 0 Å². The number of rotatable bonds is 2. The highest BCUT2D eigenvalue weighted by molar-refractivity contribution is 5.15. The van der Waals surface area contributed by atoms with Gasteiger partial charge in [-0.05, 0) is 43.1 Å². The summed E-state index contributed by atoms with van der Waals surface area (Å²) in [5.41, 5.74) is 1.50. The van der Waals surface area contributed by atoms with Gasteiger partial charge in [0, 0.05) is 0 Å². The van der Waals surface area contributed by atoms with Crippen LogP contribution in [0.15, 0.2) is 30.3 Å². The maximum atomic E-state index is 2.47. The largest absolute Gasteiger partial charge is 0.0622 e. The van der Waals surface area contributed by atoms with E-state index in [1.807, 2.05) is 0 Å². The van der Waals surface area contributed by atoms with Gasteiger partial charge in [0.2, 0.25) is 0 Å². The molecule has 2 unspecified atom stereocenters. The number of hydrogen-bond acceptors (Lipinski definition) is 0. The number of benzene rings is 1. The molecule has 1 aromatic carbocycles. The van der Waals surface area contributed by atoms with Crippen LogP contribution in [0.5, 0.6) is 0 Å². The zero-order valence-electron chi connectivity index (χ0n) is 8.95. The van der Waals surface area contributed by atoms with Crippen molar-refractivity contribution in [3.8, 4) is 0 Å². The zero-order chi connectivity index (χ0) is 9.80. The van der Waals surface area contributed by atoms with Gasteiger partial charge < -0.3 is 0 Å². The van der Waals surface area contributed by atoms with E-state index in [1.54, 1.807) is 0 Å². The van der Waals surface area contributed by atoms with Crippen LogP contribution in [0, 0.1) is 18.3 Å². The molecule has 1 radical (unpaired) electrons. The second kappa shape index (κ2) is 4.63. The first-order chi connectivity index (χ1) is 6.86. The van der Waals surface area contributed by atoms with Gasteiger partial charge in [0.15, 0.2) is 0 Å². The van der Waals surface area contributed by atoms with Gasteiger partial charge in [0.05, 0.1) is 0 Å². The third-order valence-electron chi connectivity index (χ3n) is 3.44. The van der Waals surface area contributed by atoms with E-state index in [2.05, 4.69) is 43.7 Å². The summed E-state index contributed by atoms with van der Waals surface area (Å²) in [5, 5.41) is 0. The van der Waals surface area contributed by atoms with Crippen molar-refractivity contribution in [3.05, 3.63) is 42.3 Å². The van der Waals surface area contributed by atoms with Gasteiger partial charge in [-0.15, -0.1) is 0 Å². The van der Waals surface area contributed by atoms with Crippen LogP contribution < -0.4 is 0 Å². The lowest BCUT2D eigenvalue weighted by atomic mass is 9.77. The molecule has 1 fully saturated rings. The number of hydrogen-bond donors (Lipinski definition) is 0. The third kappa shape index (κ3) is 2.37. The molecule has 2 rings (SSSR count). The van der Waals surface area contributed by atoms with Gasteiger partial charge in [-0.1, -0.05) is 43.7 Å². The summed E-state index contributed by atoms with van der Waals surface area (Å²) < 4.78 is 0. The van der Waals surface area contributed by atoms with Crippen LogP contribution in [0.1, 0.15) is 31.7 Å². The first kappa shape index (κ1) is 9.76. The maximum absolute atomic E-state index is 2.47. The van der Waals surface area contributed by atoms with E-state index in [9.17, 15) is 0 Å². The molecule has 0 aliphatic heterocycles. The summed E-state index contributed by atoms with van der Waals surface area (Å²) in [7, 11) is 0. The van der Waals surface area contributed by atoms with Crippen LogP contribution in [-0.2, 0) is 6.42 Å². The first-order valence-electron chi connectivity index (χ1n) is 5.72. The molecule has 14 heavy (non-hydrogen) atoms. The average Bonchev–Trinajstić information content (AvgIpc) is 2.23. The normalized spacial score (nSPS) is 27.5. The van der Waals surface area contributed by atoms with Crippen LogP contribution in [0.3, 0.4) is 0 Å². The predicted octanol–water partition coefficient (Wildman–Crippen LogP) is 3.87. The lowest BCUT2D eigenvalue weighted by Crippen LogP contribution is -2.19. The highest BCUT2D eigenvalue weighted by Crippen LogP contribution is 2.31. The Hall–Kier alpha value is -0.780. The summed E-state index contributed by atoms with van der Waals surface area (Å²) in [4.78, 5) is 0. The van der Waals surface area contributed by atoms with Crippen LogP contribution in [-0.4, -0.2) is 0 Å². The quantitative estimate of drug-likeness (QED) is 0.659. The molecule has 0 spiro atoms. The lowest BCUT2D eigenvalue weighted by molar-refractivity contribution is 0.294. The van der Waals surface area contributed by atoms with Crippen LogP contribution in [0.2, 0.25) is 0 Å². The minimum absolute atomic E-state index is 0.881. The summed E-state index contributed by atoms with van der Waals surface area (Å²) in [5.74, 6) is 1.78. The van der Waals surface area contributed by atoms with E-state index in [-0.39, 0.29) is 0 Å². The Kier molecular flexibility index (Phi) is 3.23. The molecule has 2 atom stereocenters. The Morgan fingerprint density at radius 3 is 2.71 bits per heavy atom. The molecule has 0 bridgehead atoms. The second-order valence-electron chi connectivity index (χ2n) is 4.53. The van der Waals surface area contributed by atoms with Gasteiger partial charge in [-0.3, -0.25) is 0 Å². The fraction of sp³-hybridized carbons (Fsp3) is 0.500. The summed E-state index contributed by atoms with van der Waals surface area (Å²) in [6, 6.07) is 10.9. The summed E-state index contributed by atoms with van der Waals surface area (Å²) in [6.07, 6.45) is 7.76. The van der Waals surface area contributed by atoms with Crippen molar-refractivity contribution >= 4 is 0 Å². The molecule has 0 N–H and O–H groups in total. The van der Waals surface area contributed by atoms with Gasteiger partial charge in [-0.25, -0.2) is 0 Å². The molecule has 0 aromatic heterocycles. The molecule has 0 heteroatoms. The van der Waals surface area contributed by atoms with Gasteiger partial charge in [-0.2, -0.15) is 0 Å². The molecular weight excluding hydrogens is 168 g/mol. The van der Waals surface area contributed by atoms with Crippen molar-refractivity contribution in [1.29, 1.82) is 0 Å². The van der Waals surface area contributed by atoms with E-state index < -0.39 is 0 Å². The first-order valence-corrected chi connectivity index (χ1v) is 5.72. The Bertz CT molecular complexity index is 263. The van der Waals surface area contributed by atoms with E-state index >= 15 is 0 Å². The molecule has 75 valence electrons. The average molecular weight is 187 g/mol. The Morgan fingerprint density at radius 2 is 2.00 bits per heavy atom. The lowest BCUT2D eigenvalue weighted by Gasteiger charge is -2.28. The molecule has 1 aliphatic rings. The van der Waals surface area contributed by atoms with Crippen molar-refractivity contribution in [2.24, 2.45) is 11.8 Å². The Morgan fingerprint density at radius 1 is 1.21 bits per heavy atom. The Labute approximate surface area is 87.3 Å². The molecule has 0 amide bonds. The molecular formula is C14H19. The second-order valence-corrected chi connectivity index (χ2v) is 4.53. The van der Waals surface area contributed by atoms with Crippen molar-refractivity contribution in [2.75, 3.05) is 0 Å². The monoisotopic (exact) mass is 187 g/mol. The fourth-order valence-corrected chi connectivity index (χ4v) is 2.38. The highest BCUT2D eigenvalue weighted by atomic mass is 14.3.